The Morgan fingerprint density at radius 1 is 1.15 bits per heavy atom. The lowest BCUT2D eigenvalue weighted by Gasteiger charge is -2.34. The maximum atomic E-state index is 13.9. The van der Waals surface area contributed by atoms with Gasteiger partial charge in [0, 0.05) is 13.0 Å². The van der Waals surface area contributed by atoms with Crippen LogP contribution in [0.3, 0.4) is 0 Å². The highest BCUT2D eigenvalue weighted by atomic mass is 19.4. The number of nitrogens with one attached hydrogen (secondary N) is 2. The van der Waals surface area contributed by atoms with Crippen molar-refractivity contribution in [1.82, 2.24) is 15.1 Å². The topological polar surface area (TPSA) is 77.4 Å². The normalized spacial score (nSPS) is 17.6. The number of alkyl halides is 3. The first kappa shape index (κ1) is 22.5. The number of hydrogen-bond acceptors (Lipinski definition) is 5. The van der Waals surface area contributed by atoms with E-state index < -0.39 is 24.2 Å². The average Bonchev–Trinajstić information content (AvgIpc) is 3.25. The van der Waals surface area contributed by atoms with Gasteiger partial charge in [0.2, 0.25) is 0 Å². The molecule has 0 aliphatic carbocycles. The van der Waals surface area contributed by atoms with Crippen molar-refractivity contribution in [2.24, 2.45) is 0 Å². The van der Waals surface area contributed by atoms with Gasteiger partial charge in [-0.1, -0.05) is 24.3 Å². The van der Waals surface area contributed by atoms with E-state index in [4.69, 9.17) is 9.47 Å². The van der Waals surface area contributed by atoms with Crippen molar-refractivity contribution in [3.8, 4) is 11.5 Å². The molecule has 4 rings (SSSR count). The van der Waals surface area contributed by atoms with Crippen LogP contribution in [0.1, 0.15) is 40.0 Å². The van der Waals surface area contributed by atoms with Crippen LogP contribution >= 0.6 is 0 Å². The molecule has 0 saturated heterocycles. The molecule has 2 heterocycles. The van der Waals surface area contributed by atoms with Crippen LogP contribution in [0.2, 0.25) is 0 Å². The van der Waals surface area contributed by atoms with Crippen LogP contribution in [0.25, 0.3) is 0 Å². The summed E-state index contributed by atoms with van der Waals surface area (Å²) in [5.41, 5.74) is 1.49. The van der Waals surface area contributed by atoms with E-state index in [0.29, 0.717) is 17.1 Å². The number of methoxy groups -OCH3 is 2. The van der Waals surface area contributed by atoms with Crippen LogP contribution in [0.4, 0.5) is 19.0 Å². The fraction of sp³-hybridized carbons (Fsp3) is 0.304. The molecule has 7 nitrogen and oxygen atoms in total. The van der Waals surface area contributed by atoms with Crippen LogP contribution in [0, 0.1) is 0 Å². The van der Waals surface area contributed by atoms with E-state index in [2.05, 4.69) is 15.7 Å². The van der Waals surface area contributed by atoms with Crippen LogP contribution in [0.15, 0.2) is 54.7 Å². The van der Waals surface area contributed by atoms with Gasteiger partial charge in [0.05, 0.1) is 26.5 Å². The molecule has 1 aromatic heterocycles. The largest absolute Gasteiger partial charge is 0.497 e. The summed E-state index contributed by atoms with van der Waals surface area (Å²) in [5.74, 6) is 0.728. The standard InChI is InChI=1S/C23H23F3N4O3/c1-32-16-8-6-14(7-9-16)12-27-22(31)18-13-28-30-20(23(24,25)26)11-19(29-21(18)30)15-4-3-5-17(10-15)33-2/h3-10,13,19-20,29H,11-12H2,1-2H3,(H,27,31)/t19-,20+/m1/s1. The van der Waals surface area contributed by atoms with Gasteiger partial charge in [-0.3, -0.25) is 4.79 Å². The predicted molar refractivity (Wildman–Crippen MR) is 115 cm³/mol. The molecule has 1 amide bonds. The summed E-state index contributed by atoms with van der Waals surface area (Å²) in [7, 11) is 3.05. The molecule has 2 atom stereocenters. The van der Waals surface area contributed by atoms with Gasteiger partial charge >= 0.3 is 6.18 Å². The molecule has 10 heteroatoms. The van der Waals surface area contributed by atoms with Crippen LogP contribution in [-0.2, 0) is 6.54 Å². The minimum absolute atomic E-state index is 0.0311. The number of carbonyl (C=O) groups excluding carboxylic acids is 1. The predicted octanol–water partition coefficient (Wildman–Crippen LogP) is 4.49. The molecular weight excluding hydrogens is 437 g/mol. The summed E-state index contributed by atoms with van der Waals surface area (Å²) in [5, 5.41) is 9.72. The lowest BCUT2D eigenvalue weighted by molar-refractivity contribution is -0.173. The van der Waals surface area contributed by atoms with Gasteiger partial charge in [-0.2, -0.15) is 18.3 Å². The van der Waals surface area contributed by atoms with E-state index >= 15 is 0 Å². The fourth-order valence-electron chi connectivity index (χ4n) is 3.83. The highest BCUT2D eigenvalue weighted by Gasteiger charge is 2.47. The summed E-state index contributed by atoms with van der Waals surface area (Å²) in [6.45, 7) is 0.204. The third kappa shape index (κ3) is 4.74. The molecule has 2 aromatic carbocycles. The highest BCUT2D eigenvalue weighted by molar-refractivity contribution is 5.98. The first-order valence-electron chi connectivity index (χ1n) is 10.3. The van der Waals surface area contributed by atoms with Crippen molar-refractivity contribution in [3.05, 3.63) is 71.4 Å². The first-order chi connectivity index (χ1) is 15.8. The second-order valence-electron chi connectivity index (χ2n) is 7.65. The number of nitrogens with zero attached hydrogens (tertiary/aromatic N) is 2. The Morgan fingerprint density at radius 3 is 2.55 bits per heavy atom. The van der Waals surface area contributed by atoms with Gasteiger partial charge in [-0.05, 0) is 35.4 Å². The Morgan fingerprint density at radius 2 is 1.88 bits per heavy atom. The fourth-order valence-corrected chi connectivity index (χ4v) is 3.83. The third-order valence-corrected chi connectivity index (χ3v) is 5.59. The average molecular weight is 460 g/mol. The number of fused-ring (bicyclic) bond motifs is 1. The molecule has 1 aliphatic rings. The lowest BCUT2D eigenvalue weighted by Crippen LogP contribution is -2.36. The Balaban J connectivity index is 1.59. The van der Waals surface area contributed by atoms with Gasteiger partial charge in [-0.15, -0.1) is 0 Å². The van der Waals surface area contributed by atoms with Crippen molar-refractivity contribution in [1.29, 1.82) is 0 Å². The van der Waals surface area contributed by atoms with E-state index in [1.54, 1.807) is 55.6 Å². The third-order valence-electron chi connectivity index (χ3n) is 5.59. The van der Waals surface area contributed by atoms with Gasteiger partial charge < -0.3 is 20.1 Å². The second-order valence-corrected chi connectivity index (χ2v) is 7.65. The summed E-state index contributed by atoms with van der Waals surface area (Å²) >= 11 is 0. The molecule has 0 fully saturated rings. The van der Waals surface area contributed by atoms with Gasteiger partial charge in [-0.25, -0.2) is 4.68 Å². The van der Waals surface area contributed by atoms with Crippen LogP contribution in [-0.4, -0.2) is 36.1 Å². The number of anilines is 1. The number of carbonyl (C=O) groups is 1. The maximum Gasteiger partial charge on any atom is 0.410 e. The molecular formula is C23H23F3N4O3. The Kier molecular flexibility index (Phi) is 6.17. The minimum Gasteiger partial charge on any atom is -0.497 e. The number of rotatable bonds is 6. The molecule has 33 heavy (non-hydrogen) atoms. The number of ether oxygens (including phenoxy) is 2. The molecule has 0 saturated carbocycles. The monoisotopic (exact) mass is 460 g/mol. The molecule has 0 spiro atoms. The Labute approximate surface area is 188 Å². The first-order valence-corrected chi connectivity index (χ1v) is 10.3. The highest BCUT2D eigenvalue weighted by Crippen LogP contribution is 2.44. The minimum atomic E-state index is -4.53. The quantitative estimate of drug-likeness (QED) is 0.567. The van der Waals surface area contributed by atoms with E-state index in [9.17, 15) is 18.0 Å². The molecule has 0 unspecified atom stereocenters. The van der Waals surface area contributed by atoms with Crippen LogP contribution < -0.4 is 20.1 Å². The van der Waals surface area contributed by atoms with Crippen molar-refractivity contribution >= 4 is 11.7 Å². The lowest BCUT2D eigenvalue weighted by atomic mass is 9.96. The summed E-state index contributed by atoms with van der Waals surface area (Å²) in [6, 6.07) is 11.4. The van der Waals surface area contributed by atoms with E-state index in [1.807, 2.05) is 0 Å². The molecule has 2 N–H and O–H groups in total. The van der Waals surface area contributed by atoms with Crippen molar-refractivity contribution in [3.63, 3.8) is 0 Å². The summed E-state index contributed by atoms with van der Waals surface area (Å²) in [4.78, 5) is 12.8. The summed E-state index contributed by atoms with van der Waals surface area (Å²) < 4.78 is 52.8. The van der Waals surface area contributed by atoms with Crippen molar-refractivity contribution < 1.29 is 27.4 Å². The Hall–Kier alpha value is -3.69. The zero-order valence-electron chi connectivity index (χ0n) is 18.0. The molecule has 174 valence electrons. The molecule has 1 aliphatic heterocycles. The molecule has 0 radical (unpaired) electrons. The SMILES string of the molecule is COc1ccc(CNC(=O)c2cnn3c2N[C@@H](c2cccc(OC)c2)C[C@H]3C(F)(F)F)cc1. The Bertz CT molecular complexity index is 1130. The van der Waals surface area contributed by atoms with Crippen molar-refractivity contribution in [2.45, 2.75) is 31.2 Å². The zero-order valence-corrected chi connectivity index (χ0v) is 18.0. The van der Waals surface area contributed by atoms with E-state index in [0.717, 1.165) is 10.2 Å². The maximum absolute atomic E-state index is 13.9. The molecule has 3 aromatic rings. The number of benzene rings is 2. The van der Waals surface area contributed by atoms with Gasteiger partial charge in [0.1, 0.15) is 22.9 Å². The van der Waals surface area contributed by atoms with E-state index in [-0.39, 0.29) is 24.3 Å². The second kappa shape index (κ2) is 9.05. The summed E-state index contributed by atoms with van der Waals surface area (Å²) in [6.07, 6.45) is -3.63. The molecule has 0 bridgehead atoms. The van der Waals surface area contributed by atoms with Crippen molar-refractivity contribution in [2.75, 3.05) is 19.5 Å². The number of hydrogen-bond donors (Lipinski definition) is 2. The zero-order chi connectivity index (χ0) is 23.6. The number of halogens is 3. The van der Waals surface area contributed by atoms with E-state index in [1.165, 1.54) is 13.3 Å². The smallest absolute Gasteiger partial charge is 0.410 e. The number of amides is 1. The van der Waals surface area contributed by atoms with Gasteiger partial charge in [0.25, 0.3) is 5.91 Å². The van der Waals surface area contributed by atoms with Gasteiger partial charge in [0.15, 0.2) is 6.04 Å². The number of aromatic nitrogens is 2. The van der Waals surface area contributed by atoms with Crippen LogP contribution in [0.5, 0.6) is 11.5 Å².